The number of methoxy groups -OCH3 is 1. The first-order chi connectivity index (χ1) is 9.10. The average molecular weight is 265 g/mol. The third-order valence-electron chi connectivity index (χ3n) is 3.02. The quantitative estimate of drug-likeness (QED) is 0.575. The number of anilines is 2. The van der Waals surface area contributed by atoms with E-state index >= 15 is 0 Å². The molecule has 1 amide bonds. The van der Waals surface area contributed by atoms with Crippen molar-refractivity contribution in [2.24, 2.45) is 0 Å². The number of benzene rings is 1. The minimum absolute atomic E-state index is 0.00396. The Balaban J connectivity index is 2.68. The second-order valence-electron chi connectivity index (χ2n) is 4.34. The number of nitrogens with one attached hydrogen (secondary N) is 1. The summed E-state index contributed by atoms with van der Waals surface area (Å²) >= 11 is 0. The van der Waals surface area contributed by atoms with Gasteiger partial charge in [-0.15, -0.1) is 0 Å². The summed E-state index contributed by atoms with van der Waals surface area (Å²) in [5, 5.41) is 2.85. The van der Waals surface area contributed by atoms with Gasteiger partial charge in [0, 0.05) is 31.6 Å². The highest BCUT2D eigenvalue weighted by Crippen LogP contribution is 2.18. The lowest BCUT2D eigenvalue weighted by Gasteiger charge is -2.29. The number of likely N-dealkylation sites (N-methyl/N-ethyl adjacent to an activating group) is 1. The largest absolute Gasteiger partial charge is 0.399 e. The summed E-state index contributed by atoms with van der Waals surface area (Å²) in [6.45, 7) is 5.71. The molecule has 1 atom stereocenters. The van der Waals surface area contributed by atoms with Gasteiger partial charge in [-0.1, -0.05) is 0 Å². The van der Waals surface area contributed by atoms with Crippen molar-refractivity contribution in [2.75, 3.05) is 37.4 Å². The lowest BCUT2D eigenvalue weighted by molar-refractivity contribution is -0.122. The van der Waals surface area contributed by atoms with Gasteiger partial charge in [-0.25, -0.2) is 0 Å². The first-order valence-corrected chi connectivity index (χ1v) is 6.49. The van der Waals surface area contributed by atoms with E-state index in [0.29, 0.717) is 13.2 Å². The highest BCUT2D eigenvalue weighted by Gasteiger charge is 2.19. The van der Waals surface area contributed by atoms with E-state index in [9.17, 15) is 4.79 Å². The van der Waals surface area contributed by atoms with Crippen LogP contribution in [0.5, 0.6) is 0 Å². The summed E-state index contributed by atoms with van der Waals surface area (Å²) in [7, 11) is 1.61. The van der Waals surface area contributed by atoms with Gasteiger partial charge < -0.3 is 20.7 Å². The van der Waals surface area contributed by atoms with Crippen LogP contribution in [0.3, 0.4) is 0 Å². The topological polar surface area (TPSA) is 67.6 Å². The highest BCUT2D eigenvalue weighted by atomic mass is 16.5. The van der Waals surface area contributed by atoms with Crippen molar-refractivity contribution >= 4 is 17.3 Å². The third kappa shape index (κ3) is 4.44. The number of nitrogens with zero attached hydrogens (tertiary/aromatic N) is 1. The van der Waals surface area contributed by atoms with E-state index in [1.807, 2.05) is 43.0 Å². The molecule has 19 heavy (non-hydrogen) atoms. The van der Waals surface area contributed by atoms with Crippen molar-refractivity contribution in [3.05, 3.63) is 24.3 Å². The zero-order chi connectivity index (χ0) is 14.3. The maximum Gasteiger partial charge on any atom is 0.242 e. The van der Waals surface area contributed by atoms with Gasteiger partial charge in [0.25, 0.3) is 0 Å². The molecule has 0 aliphatic rings. The van der Waals surface area contributed by atoms with Crippen LogP contribution in [0, 0.1) is 0 Å². The van der Waals surface area contributed by atoms with E-state index in [0.717, 1.165) is 17.9 Å². The van der Waals surface area contributed by atoms with Crippen LogP contribution in [0.1, 0.15) is 13.8 Å². The first kappa shape index (κ1) is 15.3. The standard InChI is InChI=1S/C14H23N3O2/c1-4-17(13-7-5-12(15)6-8-13)11(2)14(18)16-9-10-19-3/h5-8,11H,4,9-10,15H2,1-3H3,(H,16,18). The molecule has 0 heterocycles. The third-order valence-corrected chi connectivity index (χ3v) is 3.02. The van der Waals surface area contributed by atoms with E-state index in [4.69, 9.17) is 10.5 Å². The second-order valence-corrected chi connectivity index (χ2v) is 4.34. The van der Waals surface area contributed by atoms with Crippen molar-refractivity contribution in [3.8, 4) is 0 Å². The van der Waals surface area contributed by atoms with Crippen molar-refractivity contribution in [1.29, 1.82) is 0 Å². The van der Waals surface area contributed by atoms with Gasteiger partial charge in [0.2, 0.25) is 5.91 Å². The summed E-state index contributed by atoms with van der Waals surface area (Å²) in [5.41, 5.74) is 7.38. The zero-order valence-electron chi connectivity index (χ0n) is 11.8. The number of carbonyl (C=O) groups is 1. The van der Waals surface area contributed by atoms with Crippen molar-refractivity contribution in [3.63, 3.8) is 0 Å². The van der Waals surface area contributed by atoms with E-state index in [2.05, 4.69) is 5.32 Å². The number of rotatable bonds is 7. The molecule has 0 bridgehead atoms. The maximum atomic E-state index is 12.0. The number of ether oxygens (including phenoxy) is 1. The average Bonchev–Trinajstić information content (AvgIpc) is 2.41. The SMILES string of the molecule is CCN(c1ccc(N)cc1)C(C)C(=O)NCCOC. The summed E-state index contributed by atoms with van der Waals surface area (Å²) in [6.07, 6.45) is 0. The molecule has 0 radical (unpaired) electrons. The molecule has 0 saturated carbocycles. The molecule has 0 fully saturated rings. The van der Waals surface area contributed by atoms with Crippen molar-refractivity contribution in [1.82, 2.24) is 5.32 Å². The van der Waals surface area contributed by atoms with Gasteiger partial charge in [-0.05, 0) is 38.1 Å². The van der Waals surface area contributed by atoms with Crippen molar-refractivity contribution < 1.29 is 9.53 Å². The first-order valence-electron chi connectivity index (χ1n) is 6.49. The lowest BCUT2D eigenvalue weighted by Crippen LogP contribution is -2.46. The van der Waals surface area contributed by atoms with E-state index in [-0.39, 0.29) is 11.9 Å². The van der Waals surface area contributed by atoms with Gasteiger partial charge in [0.1, 0.15) is 6.04 Å². The van der Waals surface area contributed by atoms with Gasteiger partial charge in [-0.2, -0.15) is 0 Å². The molecule has 0 aliphatic carbocycles. The molecule has 3 N–H and O–H groups in total. The van der Waals surface area contributed by atoms with Gasteiger partial charge in [0.15, 0.2) is 0 Å². The molecule has 0 aliphatic heterocycles. The Morgan fingerprint density at radius 3 is 2.58 bits per heavy atom. The molecular weight excluding hydrogens is 242 g/mol. The Kier molecular flexibility index (Phi) is 6.15. The van der Waals surface area contributed by atoms with E-state index in [1.54, 1.807) is 7.11 Å². The predicted molar refractivity (Wildman–Crippen MR) is 78.2 cm³/mol. The minimum atomic E-state index is -0.231. The Morgan fingerprint density at radius 1 is 1.42 bits per heavy atom. The summed E-state index contributed by atoms with van der Waals surface area (Å²) in [5.74, 6) is -0.00396. The monoisotopic (exact) mass is 265 g/mol. The van der Waals surface area contributed by atoms with Gasteiger partial charge in [-0.3, -0.25) is 4.79 Å². The number of amides is 1. The number of nitrogen functional groups attached to an aromatic ring is 1. The van der Waals surface area contributed by atoms with Crippen LogP contribution in [0.25, 0.3) is 0 Å². The Labute approximate surface area is 114 Å². The Bertz CT molecular complexity index is 392. The maximum absolute atomic E-state index is 12.0. The molecule has 1 aromatic carbocycles. The van der Waals surface area contributed by atoms with Crippen LogP contribution in [-0.2, 0) is 9.53 Å². The molecule has 1 rings (SSSR count). The summed E-state index contributed by atoms with van der Waals surface area (Å²) < 4.78 is 4.91. The Hall–Kier alpha value is -1.75. The van der Waals surface area contributed by atoms with Gasteiger partial charge in [0.05, 0.1) is 6.61 Å². The molecule has 0 aromatic heterocycles. The van der Waals surface area contributed by atoms with E-state index in [1.165, 1.54) is 0 Å². The summed E-state index contributed by atoms with van der Waals surface area (Å²) in [4.78, 5) is 14.1. The van der Waals surface area contributed by atoms with Crippen LogP contribution in [0.4, 0.5) is 11.4 Å². The minimum Gasteiger partial charge on any atom is -0.399 e. The molecule has 106 valence electrons. The molecule has 0 spiro atoms. The molecule has 5 heteroatoms. The van der Waals surface area contributed by atoms with Crippen LogP contribution >= 0.6 is 0 Å². The fourth-order valence-electron chi connectivity index (χ4n) is 1.91. The van der Waals surface area contributed by atoms with E-state index < -0.39 is 0 Å². The molecule has 1 aromatic rings. The van der Waals surface area contributed by atoms with Gasteiger partial charge >= 0.3 is 0 Å². The van der Waals surface area contributed by atoms with Crippen LogP contribution in [-0.4, -0.2) is 38.8 Å². The smallest absolute Gasteiger partial charge is 0.242 e. The van der Waals surface area contributed by atoms with Crippen LogP contribution < -0.4 is 16.0 Å². The number of hydrogen-bond donors (Lipinski definition) is 2. The second kappa shape index (κ2) is 7.63. The predicted octanol–water partition coefficient (Wildman–Crippen LogP) is 1.25. The molecule has 5 nitrogen and oxygen atoms in total. The summed E-state index contributed by atoms with van der Waals surface area (Å²) in [6, 6.07) is 7.31. The molecule has 1 unspecified atom stereocenters. The fourth-order valence-corrected chi connectivity index (χ4v) is 1.91. The molecular formula is C14H23N3O2. The zero-order valence-corrected chi connectivity index (χ0v) is 11.8. The molecule has 0 saturated heterocycles. The number of hydrogen-bond acceptors (Lipinski definition) is 4. The van der Waals surface area contributed by atoms with Crippen LogP contribution in [0.2, 0.25) is 0 Å². The fraction of sp³-hybridized carbons (Fsp3) is 0.500. The van der Waals surface area contributed by atoms with Crippen LogP contribution in [0.15, 0.2) is 24.3 Å². The number of nitrogens with two attached hydrogens (primary N) is 1. The Morgan fingerprint density at radius 2 is 2.05 bits per heavy atom. The highest BCUT2D eigenvalue weighted by molar-refractivity contribution is 5.84. The number of carbonyl (C=O) groups excluding carboxylic acids is 1. The lowest BCUT2D eigenvalue weighted by atomic mass is 10.2. The van der Waals surface area contributed by atoms with Crippen molar-refractivity contribution in [2.45, 2.75) is 19.9 Å². The normalized spacial score (nSPS) is 11.9.